The van der Waals surface area contributed by atoms with Crippen LogP contribution in [0.2, 0.25) is 0 Å². The first-order chi connectivity index (χ1) is 13.5. The zero-order valence-corrected chi connectivity index (χ0v) is 15.1. The van der Waals surface area contributed by atoms with Crippen LogP contribution >= 0.6 is 0 Å². The third kappa shape index (κ3) is 4.37. The molecule has 0 aromatic heterocycles. The minimum absolute atomic E-state index is 0.183. The topological polar surface area (TPSA) is 117 Å². The summed E-state index contributed by atoms with van der Waals surface area (Å²) in [4.78, 5) is 34.8. The van der Waals surface area contributed by atoms with Crippen LogP contribution in [-0.2, 0) is 16.0 Å². The normalized spacial score (nSPS) is 12.2. The first-order valence-electron chi connectivity index (χ1n) is 8.62. The van der Waals surface area contributed by atoms with Gasteiger partial charge in [-0.3, -0.25) is 14.9 Å². The Labute approximate surface area is 160 Å². The van der Waals surface area contributed by atoms with Crippen molar-refractivity contribution in [3.63, 3.8) is 0 Å². The molecule has 3 rings (SSSR count). The van der Waals surface area contributed by atoms with Crippen molar-refractivity contribution in [1.29, 1.82) is 0 Å². The molecule has 0 spiro atoms. The molecule has 1 N–H and O–H groups in total. The summed E-state index contributed by atoms with van der Waals surface area (Å²) in [6.07, 6.45) is 0.875. The molecule has 1 amide bonds. The van der Waals surface area contributed by atoms with Crippen LogP contribution in [0.4, 0.5) is 11.4 Å². The number of hydrogen-bond acceptors (Lipinski definition) is 7. The minimum atomic E-state index is -1.000. The Morgan fingerprint density at radius 2 is 1.79 bits per heavy atom. The molecule has 9 nitrogen and oxygen atoms in total. The number of nitrogens with zero attached hydrogens (tertiary/aromatic N) is 1. The summed E-state index contributed by atoms with van der Waals surface area (Å²) in [6, 6.07) is 9.53. The number of esters is 1. The highest BCUT2D eigenvalue weighted by Gasteiger charge is 2.27. The van der Waals surface area contributed by atoms with Crippen LogP contribution in [0.15, 0.2) is 36.4 Å². The van der Waals surface area contributed by atoms with Gasteiger partial charge < -0.3 is 19.5 Å². The Morgan fingerprint density at radius 1 is 1.14 bits per heavy atom. The second-order valence-electron chi connectivity index (χ2n) is 5.94. The Kier molecular flexibility index (Phi) is 5.73. The zero-order valence-electron chi connectivity index (χ0n) is 15.1. The summed E-state index contributed by atoms with van der Waals surface area (Å²) in [5.74, 6) is -1.16. The highest BCUT2D eigenvalue weighted by molar-refractivity contribution is 5.98. The Balaban J connectivity index is 1.66. The first-order valence-corrected chi connectivity index (χ1v) is 8.62. The van der Waals surface area contributed by atoms with E-state index in [-0.39, 0.29) is 30.3 Å². The third-order valence-electron chi connectivity index (χ3n) is 4.06. The lowest BCUT2D eigenvalue weighted by atomic mass is 10.1. The van der Waals surface area contributed by atoms with Crippen molar-refractivity contribution in [2.24, 2.45) is 0 Å². The van der Waals surface area contributed by atoms with Crippen LogP contribution in [0.1, 0.15) is 22.8 Å². The van der Waals surface area contributed by atoms with Gasteiger partial charge in [0.05, 0.1) is 11.0 Å². The molecule has 0 unspecified atom stereocenters. The molecule has 0 saturated heterocycles. The van der Waals surface area contributed by atoms with Crippen molar-refractivity contribution in [3.05, 3.63) is 57.6 Å². The second-order valence-corrected chi connectivity index (χ2v) is 5.94. The van der Waals surface area contributed by atoms with Crippen LogP contribution in [0, 0.1) is 10.1 Å². The molecule has 2 aromatic carbocycles. The molecule has 1 heterocycles. The van der Waals surface area contributed by atoms with E-state index in [1.54, 1.807) is 12.1 Å². The van der Waals surface area contributed by atoms with E-state index < -0.39 is 29.1 Å². The molecular weight excluding hydrogens is 368 g/mol. The SMILES string of the molecule is CCc1ccc(NC(=O)COC(=O)c2cc3c(cc2[N+](=O)[O-])OCCO3)cc1. The van der Waals surface area contributed by atoms with E-state index in [0.29, 0.717) is 5.69 Å². The standard InChI is InChI=1S/C19H18N2O7/c1-2-12-3-5-13(6-4-12)20-18(22)11-28-19(23)14-9-16-17(27-8-7-26-16)10-15(14)21(24)25/h3-6,9-10H,2,7-8,11H2,1H3,(H,20,22). The predicted octanol–water partition coefficient (Wildman–Crippen LogP) is 2.72. The number of nitro groups is 1. The monoisotopic (exact) mass is 386 g/mol. The van der Waals surface area contributed by atoms with Gasteiger partial charge >= 0.3 is 5.97 Å². The largest absolute Gasteiger partial charge is 0.486 e. The number of aryl methyl sites for hydroxylation is 1. The van der Waals surface area contributed by atoms with Crippen molar-refractivity contribution in [2.45, 2.75) is 13.3 Å². The fourth-order valence-corrected chi connectivity index (χ4v) is 2.62. The zero-order chi connectivity index (χ0) is 20.1. The summed E-state index contributed by atoms with van der Waals surface area (Å²) in [7, 11) is 0. The van der Waals surface area contributed by atoms with Gasteiger partial charge in [0.15, 0.2) is 18.1 Å². The molecule has 0 bridgehead atoms. The molecular formula is C19H18N2O7. The number of hydrogen-bond donors (Lipinski definition) is 1. The lowest BCUT2D eigenvalue weighted by molar-refractivity contribution is -0.385. The summed E-state index contributed by atoms with van der Waals surface area (Å²) < 4.78 is 15.6. The third-order valence-corrected chi connectivity index (χ3v) is 4.06. The van der Waals surface area contributed by atoms with Gasteiger partial charge in [0.1, 0.15) is 18.8 Å². The number of fused-ring (bicyclic) bond motifs is 1. The van der Waals surface area contributed by atoms with Crippen LogP contribution < -0.4 is 14.8 Å². The number of amides is 1. The molecule has 0 saturated carbocycles. The summed E-state index contributed by atoms with van der Waals surface area (Å²) in [5, 5.41) is 13.9. The maximum absolute atomic E-state index is 12.3. The predicted molar refractivity (Wildman–Crippen MR) is 98.8 cm³/mol. The van der Waals surface area contributed by atoms with Gasteiger partial charge in [0.25, 0.3) is 11.6 Å². The van der Waals surface area contributed by atoms with Crippen molar-refractivity contribution in [1.82, 2.24) is 0 Å². The summed E-state index contributed by atoms with van der Waals surface area (Å²) in [6.45, 7) is 1.95. The lowest BCUT2D eigenvalue weighted by Gasteiger charge is -2.18. The number of rotatable bonds is 6. The number of nitrogens with one attached hydrogen (secondary N) is 1. The minimum Gasteiger partial charge on any atom is -0.486 e. The maximum Gasteiger partial charge on any atom is 0.345 e. The highest BCUT2D eigenvalue weighted by Crippen LogP contribution is 2.36. The molecule has 9 heteroatoms. The quantitative estimate of drug-likeness (QED) is 0.461. The average molecular weight is 386 g/mol. The van der Waals surface area contributed by atoms with Crippen molar-refractivity contribution in [3.8, 4) is 11.5 Å². The molecule has 0 atom stereocenters. The average Bonchev–Trinajstić information content (AvgIpc) is 2.71. The number of carbonyl (C=O) groups is 2. The van der Waals surface area contributed by atoms with Crippen LogP contribution in [0.25, 0.3) is 0 Å². The molecule has 2 aromatic rings. The van der Waals surface area contributed by atoms with E-state index in [1.807, 2.05) is 19.1 Å². The van der Waals surface area contributed by atoms with Gasteiger partial charge in [0, 0.05) is 11.8 Å². The van der Waals surface area contributed by atoms with E-state index >= 15 is 0 Å². The molecule has 0 radical (unpaired) electrons. The van der Waals surface area contributed by atoms with Gasteiger partial charge in [-0.25, -0.2) is 4.79 Å². The van der Waals surface area contributed by atoms with E-state index in [9.17, 15) is 19.7 Å². The number of nitro benzene ring substituents is 1. The van der Waals surface area contributed by atoms with E-state index in [0.717, 1.165) is 18.1 Å². The lowest BCUT2D eigenvalue weighted by Crippen LogP contribution is -2.22. The molecule has 1 aliphatic heterocycles. The molecule has 1 aliphatic rings. The number of benzene rings is 2. The maximum atomic E-state index is 12.3. The van der Waals surface area contributed by atoms with E-state index in [1.165, 1.54) is 6.07 Å². The van der Waals surface area contributed by atoms with Gasteiger partial charge in [-0.1, -0.05) is 19.1 Å². The summed E-state index contributed by atoms with van der Waals surface area (Å²) >= 11 is 0. The fourth-order valence-electron chi connectivity index (χ4n) is 2.62. The van der Waals surface area contributed by atoms with Crippen molar-refractivity contribution in [2.75, 3.05) is 25.1 Å². The van der Waals surface area contributed by atoms with Gasteiger partial charge in [-0.2, -0.15) is 0 Å². The van der Waals surface area contributed by atoms with Gasteiger partial charge in [-0.15, -0.1) is 0 Å². The van der Waals surface area contributed by atoms with Crippen LogP contribution in [0.5, 0.6) is 11.5 Å². The Bertz CT molecular complexity index is 909. The van der Waals surface area contributed by atoms with Gasteiger partial charge in [0.2, 0.25) is 0 Å². The Morgan fingerprint density at radius 3 is 2.39 bits per heavy atom. The van der Waals surface area contributed by atoms with Gasteiger partial charge in [-0.05, 0) is 24.1 Å². The van der Waals surface area contributed by atoms with Crippen molar-refractivity contribution < 1.29 is 28.7 Å². The highest BCUT2D eigenvalue weighted by atomic mass is 16.6. The van der Waals surface area contributed by atoms with E-state index in [2.05, 4.69) is 5.32 Å². The van der Waals surface area contributed by atoms with Crippen molar-refractivity contribution >= 4 is 23.3 Å². The summed E-state index contributed by atoms with van der Waals surface area (Å²) in [5.41, 5.74) is 0.887. The number of ether oxygens (including phenoxy) is 3. The number of carbonyl (C=O) groups excluding carboxylic acids is 2. The molecule has 0 fully saturated rings. The smallest absolute Gasteiger partial charge is 0.345 e. The molecule has 146 valence electrons. The second kappa shape index (κ2) is 8.38. The van der Waals surface area contributed by atoms with Crippen LogP contribution in [-0.4, -0.2) is 36.6 Å². The number of anilines is 1. The molecule has 28 heavy (non-hydrogen) atoms. The molecule has 0 aliphatic carbocycles. The Hall–Kier alpha value is -3.62. The van der Waals surface area contributed by atoms with E-state index in [4.69, 9.17) is 14.2 Å². The van der Waals surface area contributed by atoms with Crippen LogP contribution in [0.3, 0.4) is 0 Å². The first kappa shape index (κ1) is 19.2. The fraction of sp³-hybridized carbons (Fsp3) is 0.263.